The van der Waals surface area contributed by atoms with Gasteiger partial charge in [-0.3, -0.25) is 14.5 Å². The second kappa shape index (κ2) is 10.2. The number of rotatable bonds is 7. The number of piperidine rings is 1. The number of anilines is 1. The van der Waals surface area contributed by atoms with Crippen LogP contribution in [-0.4, -0.2) is 35.9 Å². The third-order valence-corrected chi connectivity index (χ3v) is 5.49. The molecule has 2 unspecified atom stereocenters. The summed E-state index contributed by atoms with van der Waals surface area (Å²) in [5, 5.41) is 3.72. The average Bonchev–Trinajstić information content (AvgIpc) is 2.69. The number of benzene rings is 2. The summed E-state index contributed by atoms with van der Waals surface area (Å²) in [5.41, 5.74) is 7.23. The number of hydrogen-bond donors (Lipinski definition) is 2. The summed E-state index contributed by atoms with van der Waals surface area (Å²) in [7, 11) is 0. The molecule has 0 saturated carbocycles. The molecule has 1 aliphatic rings. The number of ether oxygens (including phenoxy) is 1. The molecule has 160 valence electrons. The van der Waals surface area contributed by atoms with Gasteiger partial charge in [-0.15, -0.1) is 0 Å². The van der Waals surface area contributed by atoms with Gasteiger partial charge in [-0.25, -0.2) is 0 Å². The molecule has 6 nitrogen and oxygen atoms in total. The number of carbonyl (C=O) groups is 2. The Morgan fingerprint density at radius 3 is 2.50 bits per heavy atom. The summed E-state index contributed by atoms with van der Waals surface area (Å²) >= 11 is 11.9. The van der Waals surface area contributed by atoms with E-state index in [-0.39, 0.29) is 17.7 Å². The van der Waals surface area contributed by atoms with Crippen molar-refractivity contribution >= 4 is 40.7 Å². The fraction of sp³-hybridized carbons (Fsp3) is 0.364. The number of nitrogens with one attached hydrogen (secondary N) is 1. The Labute approximate surface area is 186 Å². The van der Waals surface area contributed by atoms with Crippen LogP contribution in [0.1, 0.15) is 25.3 Å². The molecule has 0 aliphatic carbocycles. The Kier molecular flexibility index (Phi) is 7.58. The van der Waals surface area contributed by atoms with Gasteiger partial charge in [0.05, 0.1) is 5.92 Å². The number of nitrogens with two attached hydrogens (primary N) is 1. The van der Waals surface area contributed by atoms with Gasteiger partial charge in [0, 0.05) is 28.8 Å². The highest BCUT2D eigenvalue weighted by molar-refractivity contribution is 6.34. The van der Waals surface area contributed by atoms with Crippen molar-refractivity contribution in [1.82, 2.24) is 4.90 Å². The predicted octanol–water partition coefficient (Wildman–Crippen LogP) is 4.10. The maximum atomic E-state index is 12.4. The highest BCUT2D eigenvalue weighted by atomic mass is 35.5. The van der Waals surface area contributed by atoms with Crippen molar-refractivity contribution in [2.24, 2.45) is 11.7 Å². The smallest absolute Gasteiger partial charge is 0.265 e. The van der Waals surface area contributed by atoms with Crippen LogP contribution >= 0.6 is 23.2 Å². The third-order valence-electron chi connectivity index (χ3n) is 5.05. The molecule has 1 aliphatic heterocycles. The van der Waals surface area contributed by atoms with Crippen LogP contribution in [0.5, 0.6) is 5.75 Å². The second-order valence-electron chi connectivity index (χ2n) is 7.53. The van der Waals surface area contributed by atoms with Crippen molar-refractivity contribution in [1.29, 1.82) is 0 Å². The van der Waals surface area contributed by atoms with Gasteiger partial charge in [-0.2, -0.15) is 0 Å². The van der Waals surface area contributed by atoms with Crippen LogP contribution in [0.4, 0.5) is 5.69 Å². The molecule has 3 N–H and O–H groups in total. The summed E-state index contributed by atoms with van der Waals surface area (Å²) in [6, 6.07) is 12.4. The first-order chi connectivity index (χ1) is 14.3. The van der Waals surface area contributed by atoms with E-state index in [1.807, 2.05) is 24.3 Å². The van der Waals surface area contributed by atoms with Gasteiger partial charge in [0.2, 0.25) is 5.91 Å². The summed E-state index contributed by atoms with van der Waals surface area (Å²) in [6.45, 7) is 4.04. The van der Waals surface area contributed by atoms with Crippen LogP contribution in [0.15, 0.2) is 42.5 Å². The van der Waals surface area contributed by atoms with Gasteiger partial charge in [0.15, 0.2) is 6.10 Å². The van der Waals surface area contributed by atoms with Crippen LogP contribution in [0.3, 0.4) is 0 Å². The summed E-state index contributed by atoms with van der Waals surface area (Å²) < 4.78 is 5.64. The first-order valence-electron chi connectivity index (χ1n) is 9.84. The first-order valence-corrected chi connectivity index (χ1v) is 10.6. The van der Waals surface area contributed by atoms with Gasteiger partial charge >= 0.3 is 0 Å². The molecule has 1 saturated heterocycles. The lowest BCUT2D eigenvalue weighted by molar-refractivity contribution is -0.123. The zero-order valence-electron chi connectivity index (χ0n) is 16.7. The largest absolute Gasteiger partial charge is 0.481 e. The minimum atomic E-state index is -0.724. The molecule has 2 atom stereocenters. The van der Waals surface area contributed by atoms with E-state index < -0.39 is 6.10 Å². The molecule has 0 aromatic heterocycles. The topological polar surface area (TPSA) is 84.7 Å². The standard InChI is InChI=1S/C22H25Cl2N3O3/c1-14(30-20-10-17(23)9-18(24)11-20)22(29)26-19-6-4-15(5-7-19)12-27-8-2-3-16(13-27)21(25)28/h4-7,9-11,14,16H,2-3,8,12-13H2,1H3,(H2,25,28)(H,26,29). The number of nitrogens with zero attached hydrogens (tertiary/aromatic N) is 1. The van der Waals surface area contributed by atoms with Gasteiger partial charge in [-0.1, -0.05) is 35.3 Å². The minimum absolute atomic E-state index is 0.0758. The van der Waals surface area contributed by atoms with E-state index in [2.05, 4.69) is 10.2 Å². The van der Waals surface area contributed by atoms with Crippen molar-refractivity contribution in [2.75, 3.05) is 18.4 Å². The van der Waals surface area contributed by atoms with E-state index in [1.165, 1.54) is 0 Å². The molecular weight excluding hydrogens is 425 g/mol. The molecule has 8 heteroatoms. The molecular formula is C22H25Cl2N3O3. The van der Waals surface area contributed by atoms with Gasteiger partial charge in [0.1, 0.15) is 5.75 Å². The molecule has 30 heavy (non-hydrogen) atoms. The summed E-state index contributed by atoms with van der Waals surface area (Å²) in [6.07, 6.45) is 1.11. The van der Waals surface area contributed by atoms with Crippen molar-refractivity contribution in [3.8, 4) is 5.75 Å². The number of amides is 2. The highest BCUT2D eigenvalue weighted by Crippen LogP contribution is 2.25. The quantitative estimate of drug-likeness (QED) is 0.666. The molecule has 2 aromatic carbocycles. The fourth-order valence-electron chi connectivity index (χ4n) is 3.48. The van der Waals surface area contributed by atoms with Crippen molar-refractivity contribution in [3.63, 3.8) is 0 Å². The number of likely N-dealkylation sites (tertiary alicyclic amines) is 1. The molecule has 3 rings (SSSR count). The second-order valence-corrected chi connectivity index (χ2v) is 8.40. The maximum absolute atomic E-state index is 12.4. The Bertz CT molecular complexity index is 885. The Morgan fingerprint density at radius 1 is 1.20 bits per heavy atom. The molecule has 0 radical (unpaired) electrons. The molecule has 0 bridgehead atoms. The number of halogens is 2. The minimum Gasteiger partial charge on any atom is -0.481 e. The van der Waals surface area contributed by atoms with Gasteiger partial charge < -0.3 is 15.8 Å². The molecule has 2 amide bonds. The van der Waals surface area contributed by atoms with Crippen LogP contribution in [0, 0.1) is 5.92 Å². The van der Waals surface area contributed by atoms with Crippen LogP contribution < -0.4 is 15.8 Å². The average molecular weight is 450 g/mol. The van der Waals surface area contributed by atoms with E-state index in [0.29, 0.717) is 28.0 Å². The highest BCUT2D eigenvalue weighted by Gasteiger charge is 2.23. The van der Waals surface area contributed by atoms with E-state index >= 15 is 0 Å². The third kappa shape index (κ3) is 6.36. The number of carbonyl (C=O) groups excluding carboxylic acids is 2. The van der Waals surface area contributed by atoms with Crippen LogP contribution in [-0.2, 0) is 16.1 Å². The molecule has 2 aromatic rings. The Balaban J connectivity index is 1.53. The monoisotopic (exact) mass is 449 g/mol. The van der Waals surface area contributed by atoms with Crippen LogP contribution in [0.2, 0.25) is 10.0 Å². The SMILES string of the molecule is CC(Oc1cc(Cl)cc(Cl)c1)C(=O)Nc1ccc(CN2CCCC(C(N)=O)C2)cc1. The van der Waals surface area contributed by atoms with E-state index in [0.717, 1.165) is 31.5 Å². The summed E-state index contributed by atoms with van der Waals surface area (Å²) in [4.78, 5) is 26.1. The zero-order valence-corrected chi connectivity index (χ0v) is 18.2. The van der Waals surface area contributed by atoms with Crippen molar-refractivity contribution in [3.05, 3.63) is 58.1 Å². The maximum Gasteiger partial charge on any atom is 0.265 e. The molecule has 0 spiro atoms. The zero-order chi connectivity index (χ0) is 21.7. The lowest BCUT2D eigenvalue weighted by Gasteiger charge is -2.31. The van der Waals surface area contributed by atoms with Gasteiger partial charge in [-0.05, 0) is 62.2 Å². The lowest BCUT2D eigenvalue weighted by atomic mass is 9.97. The molecule has 1 heterocycles. The fourth-order valence-corrected chi connectivity index (χ4v) is 3.99. The Morgan fingerprint density at radius 2 is 1.87 bits per heavy atom. The Hall–Kier alpha value is -2.28. The normalized spacial score (nSPS) is 17.9. The predicted molar refractivity (Wildman–Crippen MR) is 119 cm³/mol. The first kappa shape index (κ1) is 22.4. The summed E-state index contributed by atoms with van der Waals surface area (Å²) in [5.74, 6) is -0.150. The molecule has 1 fully saturated rings. The van der Waals surface area contributed by atoms with Crippen LogP contribution in [0.25, 0.3) is 0 Å². The van der Waals surface area contributed by atoms with E-state index in [1.54, 1.807) is 25.1 Å². The number of hydrogen-bond acceptors (Lipinski definition) is 4. The van der Waals surface area contributed by atoms with Crippen molar-refractivity contribution in [2.45, 2.75) is 32.4 Å². The number of primary amides is 1. The lowest BCUT2D eigenvalue weighted by Crippen LogP contribution is -2.40. The van der Waals surface area contributed by atoms with Crippen molar-refractivity contribution < 1.29 is 14.3 Å². The van der Waals surface area contributed by atoms with E-state index in [4.69, 9.17) is 33.7 Å². The van der Waals surface area contributed by atoms with Gasteiger partial charge in [0.25, 0.3) is 5.91 Å². The van der Waals surface area contributed by atoms with E-state index in [9.17, 15) is 9.59 Å².